The second kappa shape index (κ2) is 6.52. The summed E-state index contributed by atoms with van der Waals surface area (Å²) in [5.41, 5.74) is 3.75. The van der Waals surface area contributed by atoms with Crippen LogP contribution < -0.4 is 16.0 Å². The van der Waals surface area contributed by atoms with Crippen molar-refractivity contribution in [1.82, 2.24) is 20.1 Å². The molecule has 25 heavy (non-hydrogen) atoms. The van der Waals surface area contributed by atoms with Gasteiger partial charge in [0.15, 0.2) is 0 Å². The fourth-order valence-electron chi connectivity index (χ4n) is 2.76. The predicted octanol–water partition coefficient (Wildman–Crippen LogP) is 2.84. The van der Waals surface area contributed by atoms with E-state index in [1.807, 2.05) is 19.1 Å². The van der Waals surface area contributed by atoms with E-state index in [1.165, 1.54) is 12.1 Å². The highest BCUT2D eigenvalue weighted by Crippen LogP contribution is 2.22. The number of rotatable bonds is 5. The van der Waals surface area contributed by atoms with Gasteiger partial charge in [-0.2, -0.15) is 4.98 Å². The van der Waals surface area contributed by atoms with Gasteiger partial charge in [-0.3, -0.25) is 0 Å². The van der Waals surface area contributed by atoms with Crippen molar-refractivity contribution in [2.75, 3.05) is 23.7 Å². The third-order valence-corrected chi connectivity index (χ3v) is 4.05. The molecule has 1 aromatic heterocycles. The van der Waals surface area contributed by atoms with Crippen LogP contribution in [-0.2, 0) is 0 Å². The minimum Gasteiger partial charge on any atom is -0.380 e. The average molecular weight is 338 g/mol. The molecule has 0 spiro atoms. The number of halogens is 1. The van der Waals surface area contributed by atoms with Crippen LogP contribution in [0.15, 0.2) is 48.8 Å². The molecular formula is C18H19FN6. The molecule has 3 aromatic rings. The van der Waals surface area contributed by atoms with Gasteiger partial charge in [-0.15, -0.1) is 5.10 Å². The van der Waals surface area contributed by atoms with Crippen LogP contribution in [0.5, 0.6) is 0 Å². The minimum atomic E-state index is -0.303. The molecule has 0 bridgehead atoms. The monoisotopic (exact) mass is 338 g/mol. The van der Waals surface area contributed by atoms with Crippen molar-refractivity contribution in [2.45, 2.75) is 13.0 Å². The van der Waals surface area contributed by atoms with Crippen LogP contribution in [0.3, 0.4) is 0 Å². The van der Waals surface area contributed by atoms with Gasteiger partial charge >= 0.3 is 0 Å². The molecule has 1 fully saturated rings. The van der Waals surface area contributed by atoms with E-state index < -0.39 is 0 Å². The van der Waals surface area contributed by atoms with Crippen LogP contribution in [0.2, 0.25) is 0 Å². The Bertz CT molecular complexity index is 887. The lowest BCUT2D eigenvalue weighted by atomic mass is 10.1. The smallest absolute Gasteiger partial charge is 0.246 e. The summed E-state index contributed by atoms with van der Waals surface area (Å²) in [6.45, 7) is 4.01. The van der Waals surface area contributed by atoms with E-state index in [1.54, 1.807) is 23.1 Å². The van der Waals surface area contributed by atoms with Crippen LogP contribution in [-0.4, -0.2) is 33.9 Å². The van der Waals surface area contributed by atoms with E-state index in [0.717, 1.165) is 30.0 Å². The lowest BCUT2D eigenvalue weighted by Gasteiger charge is -2.29. The molecule has 2 aromatic carbocycles. The summed E-state index contributed by atoms with van der Waals surface area (Å²) in [6, 6.07) is 12.9. The maximum absolute atomic E-state index is 13.3. The first-order valence-corrected chi connectivity index (χ1v) is 8.19. The van der Waals surface area contributed by atoms with Gasteiger partial charge in [-0.25, -0.2) is 9.07 Å². The molecule has 0 amide bonds. The summed E-state index contributed by atoms with van der Waals surface area (Å²) in [5, 5.41) is 14.3. The zero-order chi connectivity index (χ0) is 17.2. The Labute approximate surface area is 145 Å². The van der Waals surface area contributed by atoms with Gasteiger partial charge in [0.25, 0.3) is 0 Å². The Morgan fingerprint density at radius 2 is 2.00 bits per heavy atom. The van der Waals surface area contributed by atoms with E-state index >= 15 is 0 Å². The molecule has 4 rings (SSSR count). The van der Waals surface area contributed by atoms with Crippen LogP contribution in [0.25, 0.3) is 5.69 Å². The van der Waals surface area contributed by atoms with Crippen molar-refractivity contribution < 1.29 is 4.39 Å². The molecular weight excluding hydrogens is 319 g/mol. The van der Waals surface area contributed by atoms with Crippen molar-refractivity contribution in [2.24, 2.45) is 0 Å². The van der Waals surface area contributed by atoms with Gasteiger partial charge in [-0.1, -0.05) is 6.07 Å². The summed E-state index contributed by atoms with van der Waals surface area (Å²) < 4.78 is 14.9. The molecule has 0 saturated carbocycles. The Morgan fingerprint density at radius 1 is 1.16 bits per heavy atom. The SMILES string of the molecule is Cc1cc(Nc2ncn(-c3cccc(F)c3)n2)cc(NC2CNC2)c1. The first-order valence-electron chi connectivity index (χ1n) is 8.19. The van der Waals surface area contributed by atoms with Gasteiger partial charge in [-0.05, 0) is 48.9 Å². The van der Waals surface area contributed by atoms with Gasteiger partial charge in [0, 0.05) is 24.5 Å². The molecule has 0 aliphatic carbocycles. The average Bonchev–Trinajstić information content (AvgIpc) is 2.99. The van der Waals surface area contributed by atoms with Crippen LogP contribution in [0.1, 0.15) is 5.56 Å². The van der Waals surface area contributed by atoms with Gasteiger partial charge in [0.1, 0.15) is 12.1 Å². The molecule has 6 nitrogen and oxygen atoms in total. The standard InChI is InChI=1S/C18H19FN6/c1-12-5-14(22-16-9-20-10-16)8-15(6-12)23-18-21-11-25(24-18)17-4-2-3-13(19)7-17/h2-8,11,16,20,22H,9-10H2,1H3,(H,23,24). The van der Waals surface area contributed by atoms with E-state index in [4.69, 9.17) is 0 Å². The summed E-state index contributed by atoms with van der Waals surface area (Å²) >= 11 is 0. The van der Waals surface area contributed by atoms with Crippen LogP contribution in [0.4, 0.5) is 21.7 Å². The van der Waals surface area contributed by atoms with Crippen molar-refractivity contribution in [3.63, 3.8) is 0 Å². The highest BCUT2D eigenvalue weighted by molar-refractivity contribution is 5.63. The number of aryl methyl sites for hydroxylation is 1. The second-order valence-corrected chi connectivity index (χ2v) is 6.20. The fourth-order valence-corrected chi connectivity index (χ4v) is 2.76. The molecule has 1 aliphatic heterocycles. The molecule has 1 aliphatic rings. The maximum atomic E-state index is 13.3. The summed E-state index contributed by atoms with van der Waals surface area (Å²) in [6.07, 6.45) is 1.56. The number of nitrogens with one attached hydrogen (secondary N) is 3. The Kier molecular flexibility index (Phi) is 4.07. The van der Waals surface area contributed by atoms with Crippen LogP contribution in [0, 0.1) is 12.7 Å². The Hall–Kier alpha value is -2.93. The van der Waals surface area contributed by atoms with E-state index in [2.05, 4.69) is 32.1 Å². The Balaban J connectivity index is 1.52. The van der Waals surface area contributed by atoms with Gasteiger partial charge < -0.3 is 16.0 Å². The van der Waals surface area contributed by atoms with Gasteiger partial charge in [0.05, 0.1) is 11.7 Å². The van der Waals surface area contributed by atoms with Crippen molar-refractivity contribution in [3.05, 3.63) is 60.2 Å². The zero-order valence-electron chi connectivity index (χ0n) is 13.8. The van der Waals surface area contributed by atoms with E-state index in [0.29, 0.717) is 17.7 Å². The summed E-state index contributed by atoms with van der Waals surface area (Å²) in [5.74, 6) is 0.161. The fraction of sp³-hybridized carbons (Fsp3) is 0.222. The summed E-state index contributed by atoms with van der Waals surface area (Å²) in [7, 11) is 0. The predicted molar refractivity (Wildman–Crippen MR) is 96.1 cm³/mol. The third-order valence-electron chi connectivity index (χ3n) is 4.05. The molecule has 3 N–H and O–H groups in total. The number of anilines is 3. The molecule has 128 valence electrons. The lowest BCUT2D eigenvalue weighted by molar-refractivity contribution is 0.472. The lowest BCUT2D eigenvalue weighted by Crippen LogP contribution is -2.51. The molecule has 2 heterocycles. The molecule has 7 heteroatoms. The molecule has 1 saturated heterocycles. The van der Waals surface area contributed by atoms with Crippen molar-refractivity contribution >= 4 is 17.3 Å². The Morgan fingerprint density at radius 3 is 2.76 bits per heavy atom. The first kappa shape index (κ1) is 15.6. The summed E-state index contributed by atoms with van der Waals surface area (Å²) in [4.78, 5) is 4.25. The molecule has 0 radical (unpaired) electrons. The normalized spacial score (nSPS) is 14.2. The second-order valence-electron chi connectivity index (χ2n) is 6.20. The maximum Gasteiger partial charge on any atom is 0.246 e. The number of hydrogen-bond donors (Lipinski definition) is 3. The largest absolute Gasteiger partial charge is 0.380 e. The number of hydrogen-bond acceptors (Lipinski definition) is 5. The van der Waals surface area contributed by atoms with Crippen molar-refractivity contribution in [3.8, 4) is 5.69 Å². The number of aromatic nitrogens is 3. The number of nitrogens with zero attached hydrogens (tertiary/aromatic N) is 3. The highest BCUT2D eigenvalue weighted by atomic mass is 19.1. The number of benzene rings is 2. The zero-order valence-corrected chi connectivity index (χ0v) is 13.8. The van der Waals surface area contributed by atoms with Crippen molar-refractivity contribution in [1.29, 1.82) is 0 Å². The molecule has 0 unspecified atom stereocenters. The quantitative estimate of drug-likeness (QED) is 0.667. The van der Waals surface area contributed by atoms with Gasteiger partial charge in [0.2, 0.25) is 5.95 Å². The minimum absolute atomic E-state index is 0.303. The van der Waals surface area contributed by atoms with E-state index in [-0.39, 0.29) is 5.82 Å². The topological polar surface area (TPSA) is 66.8 Å². The van der Waals surface area contributed by atoms with Crippen LogP contribution >= 0.6 is 0 Å². The first-order chi connectivity index (χ1) is 12.2. The highest BCUT2D eigenvalue weighted by Gasteiger charge is 2.16. The molecule has 0 atom stereocenters. The van der Waals surface area contributed by atoms with E-state index in [9.17, 15) is 4.39 Å². The third kappa shape index (κ3) is 3.61.